The average Bonchev–Trinajstić information content (AvgIpc) is 2.87. The molecule has 5 nitrogen and oxygen atoms in total. The lowest BCUT2D eigenvalue weighted by atomic mass is 9.80. The van der Waals surface area contributed by atoms with Crippen LogP contribution in [-0.2, 0) is 6.42 Å². The standard InChI is InChI=1S/C16H31N5/c1-12(15(2,3)4)10-13-18-14(20-19-13)21-8-6-16(5,11-17)7-9-21/h12H,6-11,17H2,1-5H3,(H,18,19,20). The largest absolute Gasteiger partial charge is 0.340 e. The number of anilines is 1. The number of nitrogens with two attached hydrogens (primary N) is 1. The zero-order chi connectivity index (χ0) is 15.7. The molecule has 0 aliphatic carbocycles. The van der Waals surface area contributed by atoms with Gasteiger partial charge in [0.05, 0.1) is 0 Å². The summed E-state index contributed by atoms with van der Waals surface area (Å²) >= 11 is 0. The van der Waals surface area contributed by atoms with Crippen molar-refractivity contribution in [3.8, 4) is 0 Å². The third-order valence-electron chi connectivity index (χ3n) is 5.24. The summed E-state index contributed by atoms with van der Waals surface area (Å²) in [6.45, 7) is 14.1. The minimum Gasteiger partial charge on any atom is -0.340 e. The van der Waals surface area contributed by atoms with Gasteiger partial charge in [0.15, 0.2) is 0 Å². The van der Waals surface area contributed by atoms with Crippen LogP contribution in [0.3, 0.4) is 0 Å². The van der Waals surface area contributed by atoms with Gasteiger partial charge in [-0.25, -0.2) is 0 Å². The van der Waals surface area contributed by atoms with Crippen molar-refractivity contribution >= 4 is 5.95 Å². The van der Waals surface area contributed by atoms with Gasteiger partial charge in [-0.3, -0.25) is 5.10 Å². The minimum atomic E-state index is 0.288. The van der Waals surface area contributed by atoms with E-state index < -0.39 is 0 Å². The van der Waals surface area contributed by atoms with Gasteiger partial charge in [0.1, 0.15) is 5.82 Å². The van der Waals surface area contributed by atoms with Gasteiger partial charge in [-0.05, 0) is 36.1 Å². The summed E-state index contributed by atoms with van der Waals surface area (Å²) in [5.74, 6) is 2.42. The van der Waals surface area contributed by atoms with Crippen molar-refractivity contribution in [3.63, 3.8) is 0 Å². The normalized spacial score (nSPS) is 20.6. The van der Waals surface area contributed by atoms with Crippen LogP contribution >= 0.6 is 0 Å². The maximum Gasteiger partial charge on any atom is 0.244 e. The molecule has 1 atom stereocenters. The number of rotatable bonds is 4. The molecule has 0 amide bonds. The van der Waals surface area contributed by atoms with Crippen molar-refractivity contribution in [3.05, 3.63) is 5.82 Å². The molecule has 1 unspecified atom stereocenters. The first-order valence-corrected chi connectivity index (χ1v) is 8.10. The van der Waals surface area contributed by atoms with E-state index in [1.165, 1.54) is 0 Å². The van der Waals surface area contributed by atoms with Crippen LogP contribution in [0.5, 0.6) is 0 Å². The zero-order valence-corrected chi connectivity index (χ0v) is 14.2. The van der Waals surface area contributed by atoms with Gasteiger partial charge >= 0.3 is 0 Å². The molecule has 0 saturated carbocycles. The molecule has 1 aliphatic heterocycles. The number of aromatic nitrogens is 3. The maximum atomic E-state index is 5.87. The Morgan fingerprint density at radius 2 is 1.95 bits per heavy atom. The predicted molar refractivity (Wildman–Crippen MR) is 87.3 cm³/mol. The fourth-order valence-corrected chi connectivity index (χ4v) is 2.56. The molecule has 120 valence electrons. The Morgan fingerprint density at radius 1 is 1.33 bits per heavy atom. The molecule has 3 N–H and O–H groups in total. The first-order valence-electron chi connectivity index (χ1n) is 8.10. The van der Waals surface area contributed by atoms with E-state index >= 15 is 0 Å². The van der Waals surface area contributed by atoms with Crippen LogP contribution in [0.2, 0.25) is 0 Å². The highest BCUT2D eigenvalue weighted by Gasteiger charge is 2.30. The quantitative estimate of drug-likeness (QED) is 0.895. The molecule has 1 aliphatic rings. The summed E-state index contributed by atoms with van der Waals surface area (Å²) in [7, 11) is 0. The van der Waals surface area contributed by atoms with Gasteiger partial charge in [0, 0.05) is 19.5 Å². The van der Waals surface area contributed by atoms with Crippen molar-refractivity contribution in [1.82, 2.24) is 15.2 Å². The number of nitrogens with one attached hydrogen (secondary N) is 1. The molecule has 1 aromatic rings. The van der Waals surface area contributed by atoms with E-state index in [-0.39, 0.29) is 5.41 Å². The van der Waals surface area contributed by atoms with Gasteiger partial charge in [0.25, 0.3) is 0 Å². The smallest absolute Gasteiger partial charge is 0.244 e. The highest BCUT2D eigenvalue weighted by molar-refractivity contribution is 5.29. The number of H-pyrrole nitrogens is 1. The third kappa shape index (κ3) is 3.96. The van der Waals surface area contributed by atoms with Gasteiger partial charge in [-0.2, -0.15) is 4.98 Å². The van der Waals surface area contributed by atoms with E-state index in [2.05, 4.69) is 54.7 Å². The van der Waals surface area contributed by atoms with Crippen molar-refractivity contribution in [2.45, 2.75) is 53.9 Å². The molecule has 5 heteroatoms. The summed E-state index contributed by atoms with van der Waals surface area (Å²) in [6.07, 6.45) is 3.18. The molecule has 1 aromatic heterocycles. The van der Waals surface area contributed by atoms with E-state index in [4.69, 9.17) is 5.73 Å². The van der Waals surface area contributed by atoms with Gasteiger partial charge in [0.2, 0.25) is 5.95 Å². The zero-order valence-electron chi connectivity index (χ0n) is 14.2. The van der Waals surface area contributed by atoms with Crippen LogP contribution in [-0.4, -0.2) is 34.8 Å². The lowest BCUT2D eigenvalue weighted by molar-refractivity contribution is 0.255. The second-order valence-corrected chi connectivity index (χ2v) is 8.06. The Bertz CT molecular complexity index is 451. The minimum absolute atomic E-state index is 0.288. The first-order chi connectivity index (χ1) is 9.73. The second-order valence-electron chi connectivity index (χ2n) is 8.06. The summed E-state index contributed by atoms with van der Waals surface area (Å²) < 4.78 is 0. The van der Waals surface area contributed by atoms with Crippen molar-refractivity contribution in [2.24, 2.45) is 22.5 Å². The topological polar surface area (TPSA) is 70.8 Å². The Hall–Kier alpha value is -1.10. The lowest BCUT2D eigenvalue weighted by Gasteiger charge is -2.38. The summed E-state index contributed by atoms with van der Waals surface area (Å²) in [5.41, 5.74) is 6.45. The highest BCUT2D eigenvalue weighted by Crippen LogP contribution is 2.31. The van der Waals surface area contributed by atoms with Crippen LogP contribution in [0, 0.1) is 16.7 Å². The third-order valence-corrected chi connectivity index (χ3v) is 5.24. The van der Waals surface area contributed by atoms with E-state index in [9.17, 15) is 0 Å². The molecule has 0 spiro atoms. The van der Waals surface area contributed by atoms with Crippen LogP contribution in [0.1, 0.15) is 53.3 Å². The molecule has 2 rings (SSSR count). The Labute approximate surface area is 128 Å². The van der Waals surface area contributed by atoms with Crippen molar-refractivity contribution in [1.29, 1.82) is 0 Å². The van der Waals surface area contributed by atoms with Crippen molar-refractivity contribution < 1.29 is 0 Å². The summed E-state index contributed by atoms with van der Waals surface area (Å²) in [5, 5.41) is 7.52. The van der Waals surface area contributed by atoms with Crippen molar-refractivity contribution in [2.75, 3.05) is 24.5 Å². The Balaban J connectivity index is 1.95. The number of piperidine rings is 1. The van der Waals surface area contributed by atoms with Crippen LogP contribution < -0.4 is 10.6 Å². The second kappa shape index (κ2) is 5.95. The Morgan fingerprint density at radius 3 is 2.48 bits per heavy atom. The number of hydrogen-bond acceptors (Lipinski definition) is 4. The van der Waals surface area contributed by atoms with E-state index in [0.29, 0.717) is 11.3 Å². The molecular formula is C16H31N5. The van der Waals surface area contributed by atoms with Crippen LogP contribution in [0.25, 0.3) is 0 Å². The predicted octanol–water partition coefficient (Wildman–Crippen LogP) is 2.59. The number of nitrogens with zero attached hydrogens (tertiary/aromatic N) is 3. The monoisotopic (exact) mass is 293 g/mol. The fourth-order valence-electron chi connectivity index (χ4n) is 2.56. The van der Waals surface area contributed by atoms with E-state index in [0.717, 1.165) is 50.7 Å². The van der Waals surface area contributed by atoms with Crippen LogP contribution in [0.15, 0.2) is 0 Å². The molecular weight excluding hydrogens is 262 g/mol. The average molecular weight is 293 g/mol. The summed E-state index contributed by atoms with van der Waals surface area (Å²) in [4.78, 5) is 6.97. The maximum absolute atomic E-state index is 5.87. The number of aromatic amines is 1. The molecule has 21 heavy (non-hydrogen) atoms. The van der Waals surface area contributed by atoms with Gasteiger partial charge < -0.3 is 10.6 Å². The van der Waals surface area contributed by atoms with E-state index in [1.807, 2.05) is 0 Å². The van der Waals surface area contributed by atoms with Gasteiger partial charge in [-0.15, -0.1) is 5.10 Å². The van der Waals surface area contributed by atoms with E-state index in [1.54, 1.807) is 0 Å². The molecule has 1 saturated heterocycles. The molecule has 2 heterocycles. The fraction of sp³-hybridized carbons (Fsp3) is 0.875. The molecule has 1 fully saturated rings. The highest BCUT2D eigenvalue weighted by atomic mass is 15.4. The van der Waals surface area contributed by atoms with Crippen LogP contribution in [0.4, 0.5) is 5.95 Å². The molecule has 0 bridgehead atoms. The summed E-state index contributed by atoms with van der Waals surface area (Å²) in [6, 6.07) is 0. The number of hydrogen-bond donors (Lipinski definition) is 2. The lowest BCUT2D eigenvalue weighted by Crippen LogP contribution is -2.42. The first kappa shape index (κ1) is 16.3. The van der Waals surface area contributed by atoms with Gasteiger partial charge in [-0.1, -0.05) is 34.6 Å². The SMILES string of the molecule is CC(Cc1nc(N2CCC(C)(CN)CC2)n[nH]1)C(C)(C)C. The molecule has 0 aromatic carbocycles. The Kier molecular flexibility index (Phi) is 4.61. The molecule has 0 radical (unpaired) electrons.